The zero-order chi connectivity index (χ0) is 12.3. The van der Waals surface area contributed by atoms with Gasteiger partial charge in [-0.25, -0.2) is 0 Å². The van der Waals surface area contributed by atoms with Gasteiger partial charge in [0, 0.05) is 25.8 Å². The van der Waals surface area contributed by atoms with E-state index in [0.717, 1.165) is 38.0 Å². The number of aryl methyl sites for hydroxylation is 2. The van der Waals surface area contributed by atoms with E-state index in [1.165, 1.54) is 0 Å². The summed E-state index contributed by atoms with van der Waals surface area (Å²) in [5, 5.41) is 10.6. The summed E-state index contributed by atoms with van der Waals surface area (Å²) in [6.45, 7) is 3.94. The van der Waals surface area contributed by atoms with E-state index in [-0.39, 0.29) is 11.9 Å². The second kappa shape index (κ2) is 5.31. The minimum Gasteiger partial charge on any atom is -0.348 e. The van der Waals surface area contributed by atoms with Gasteiger partial charge in [-0.15, -0.1) is 0 Å². The minimum atomic E-state index is 0.00338. The van der Waals surface area contributed by atoms with E-state index < -0.39 is 0 Å². The minimum absolute atomic E-state index is 0.00338. The van der Waals surface area contributed by atoms with Gasteiger partial charge in [0.2, 0.25) is 0 Å². The molecule has 5 nitrogen and oxygen atoms in total. The highest BCUT2D eigenvalue weighted by Crippen LogP contribution is 2.09. The third-order valence-electron chi connectivity index (χ3n) is 3.12. The van der Waals surface area contributed by atoms with Gasteiger partial charge in [-0.1, -0.05) is 6.92 Å². The molecular formula is C12H20N4O. The Bertz CT molecular complexity index is 393. The molecule has 0 aromatic carbocycles. The lowest BCUT2D eigenvalue weighted by atomic mass is 10.1. The van der Waals surface area contributed by atoms with Gasteiger partial charge in [0.05, 0.1) is 11.3 Å². The van der Waals surface area contributed by atoms with Gasteiger partial charge in [0.15, 0.2) is 0 Å². The number of carbonyl (C=O) groups is 1. The van der Waals surface area contributed by atoms with Gasteiger partial charge in [-0.3, -0.25) is 9.48 Å². The molecule has 1 amide bonds. The molecule has 0 saturated carbocycles. The number of nitrogens with one attached hydrogen (secondary N) is 2. The van der Waals surface area contributed by atoms with E-state index in [4.69, 9.17) is 0 Å². The topological polar surface area (TPSA) is 59.0 Å². The Morgan fingerprint density at radius 1 is 1.71 bits per heavy atom. The fourth-order valence-corrected chi connectivity index (χ4v) is 2.22. The van der Waals surface area contributed by atoms with E-state index in [1.54, 1.807) is 10.9 Å². The zero-order valence-electron chi connectivity index (χ0n) is 10.5. The summed E-state index contributed by atoms with van der Waals surface area (Å²) >= 11 is 0. The molecule has 1 aliphatic rings. The first-order valence-corrected chi connectivity index (χ1v) is 6.24. The molecule has 1 aromatic heterocycles. The van der Waals surface area contributed by atoms with Gasteiger partial charge in [-0.2, -0.15) is 5.10 Å². The molecule has 1 atom stereocenters. The molecule has 0 radical (unpaired) electrons. The predicted octanol–water partition coefficient (Wildman–Crippen LogP) is 0.464. The highest BCUT2D eigenvalue weighted by molar-refractivity contribution is 5.95. The first-order valence-electron chi connectivity index (χ1n) is 6.24. The van der Waals surface area contributed by atoms with Crippen LogP contribution >= 0.6 is 0 Å². The number of hydrogen-bond acceptors (Lipinski definition) is 3. The maximum absolute atomic E-state index is 12.1. The number of hydrogen-bond donors (Lipinski definition) is 2. The number of rotatable bonds is 3. The molecule has 1 saturated heterocycles. The van der Waals surface area contributed by atoms with Gasteiger partial charge in [0.1, 0.15) is 0 Å². The zero-order valence-corrected chi connectivity index (χ0v) is 10.5. The number of nitrogens with zero attached hydrogens (tertiary/aromatic N) is 2. The SMILES string of the molecule is CCc1nn(C)cc1C(=O)N[C@H]1CCCNC1. The van der Waals surface area contributed by atoms with E-state index in [1.807, 2.05) is 14.0 Å². The molecule has 2 heterocycles. The van der Waals surface area contributed by atoms with Crippen molar-refractivity contribution >= 4 is 5.91 Å². The Morgan fingerprint density at radius 3 is 3.18 bits per heavy atom. The molecule has 1 aliphatic heterocycles. The van der Waals surface area contributed by atoms with Crippen molar-refractivity contribution in [3.63, 3.8) is 0 Å². The van der Waals surface area contributed by atoms with Crippen LogP contribution in [0.25, 0.3) is 0 Å². The van der Waals surface area contributed by atoms with Crippen molar-refractivity contribution in [3.05, 3.63) is 17.5 Å². The lowest BCUT2D eigenvalue weighted by molar-refractivity contribution is 0.0929. The van der Waals surface area contributed by atoms with Crippen molar-refractivity contribution in [1.82, 2.24) is 20.4 Å². The summed E-state index contributed by atoms with van der Waals surface area (Å²) in [4.78, 5) is 12.1. The molecule has 17 heavy (non-hydrogen) atoms. The Kier molecular flexibility index (Phi) is 3.78. The van der Waals surface area contributed by atoms with E-state index in [0.29, 0.717) is 5.56 Å². The molecule has 0 aliphatic carbocycles. The Balaban J connectivity index is 2.02. The first-order chi connectivity index (χ1) is 8.20. The molecule has 0 bridgehead atoms. The van der Waals surface area contributed by atoms with Crippen molar-refractivity contribution in [3.8, 4) is 0 Å². The van der Waals surface area contributed by atoms with Crippen LogP contribution in [0.15, 0.2) is 6.20 Å². The van der Waals surface area contributed by atoms with Crippen molar-refractivity contribution in [1.29, 1.82) is 0 Å². The van der Waals surface area contributed by atoms with Crippen LogP contribution < -0.4 is 10.6 Å². The predicted molar refractivity (Wildman–Crippen MR) is 65.9 cm³/mol. The lowest BCUT2D eigenvalue weighted by Gasteiger charge is -2.23. The summed E-state index contributed by atoms with van der Waals surface area (Å²) in [5.41, 5.74) is 1.58. The second-order valence-corrected chi connectivity index (χ2v) is 4.53. The Hall–Kier alpha value is -1.36. The summed E-state index contributed by atoms with van der Waals surface area (Å²) < 4.78 is 1.70. The fraction of sp³-hybridized carbons (Fsp3) is 0.667. The molecule has 2 N–H and O–H groups in total. The van der Waals surface area contributed by atoms with E-state index >= 15 is 0 Å². The number of amides is 1. The third-order valence-corrected chi connectivity index (χ3v) is 3.12. The monoisotopic (exact) mass is 236 g/mol. The molecular weight excluding hydrogens is 216 g/mol. The van der Waals surface area contributed by atoms with Gasteiger partial charge in [-0.05, 0) is 25.8 Å². The Labute approximate surface area is 102 Å². The molecule has 5 heteroatoms. The van der Waals surface area contributed by atoms with E-state index in [2.05, 4.69) is 15.7 Å². The quantitative estimate of drug-likeness (QED) is 0.802. The summed E-state index contributed by atoms with van der Waals surface area (Å²) in [7, 11) is 1.85. The maximum Gasteiger partial charge on any atom is 0.255 e. The fourth-order valence-electron chi connectivity index (χ4n) is 2.22. The molecule has 1 aromatic rings. The summed E-state index contributed by atoms with van der Waals surface area (Å²) in [6, 6.07) is 0.251. The number of piperidine rings is 1. The molecule has 1 fully saturated rings. The van der Waals surface area contributed by atoms with Gasteiger partial charge in [0.25, 0.3) is 5.91 Å². The van der Waals surface area contributed by atoms with Crippen LogP contribution in [0.3, 0.4) is 0 Å². The normalized spacial score (nSPS) is 20.2. The number of aromatic nitrogens is 2. The summed E-state index contributed by atoms with van der Waals surface area (Å²) in [6.07, 6.45) is 4.76. The third kappa shape index (κ3) is 2.85. The van der Waals surface area contributed by atoms with Gasteiger partial charge < -0.3 is 10.6 Å². The highest BCUT2D eigenvalue weighted by atomic mass is 16.1. The smallest absolute Gasteiger partial charge is 0.255 e. The highest BCUT2D eigenvalue weighted by Gasteiger charge is 2.19. The van der Waals surface area contributed by atoms with Gasteiger partial charge >= 0.3 is 0 Å². The first kappa shape index (κ1) is 12.1. The van der Waals surface area contributed by atoms with Crippen molar-refractivity contribution in [2.75, 3.05) is 13.1 Å². The average molecular weight is 236 g/mol. The van der Waals surface area contributed by atoms with Crippen molar-refractivity contribution in [2.45, 2.75) is 32.2 Å². The molecule has 0 spiro atoms. The van der Waals surface area contributed by atoms with E-state index in [9.17, 15) is 4.79 Å². The standard InChI is InChI=1S/C12H20N4O/c1-3-11-10(8-16(2)15-11)12(17)14-9-5-4-6-13-7-9/h8-9,13H,3-7H2,1-2H3,(H,14,17)/t9-/m0/s1. The average Bonchev–Trinajstić information content (AvgIpc) is 2.72. The van der Waals surface area contributed by atoms with Crippen molar-refractivity contribution < 1.29 is 4.79 Å². The van der Waals surface area contributed by atoms with Crippen LogP contribution in [0, 0.1) is 0 Å². The van der Waals surface area contributed by atoms with Crippen LogP contribution in [0.1, 0.15) is 35.8 Å². The van der Waals surface area contributed by atoms with Crippen LogP contribution in [0.5, 0.6) is 0 Å². The second-order valence-electron chi connectivity index (χ2n) is 4.53. The Morgan fingerprint density at radius 2 is 2.53 bits per heavy atom. The molecule has 2 rings (SSSR count). The summed E-state index contributed by atoms with van der Waals surface area (Å²) in [5.74, 6) is 0.00338. The lowest BCUT2D eigenvalue weighted by Crippen LogP contribution is -2.45. The van der Waals surface area contributed by atoms with Crippen molar-refractivity contribution in [2.24, 2.45) is 7.05 Å². The van der Waals surface area contributed by atoms with Crippen LogP contribution in [-0.4, -0.2) is 34.8 Å². The van der Waals surface area contributed by atoms with Crippen LogP contribution in [0.4, 0.5) is 0 Å². The number of carbonyl (C=O) groups excluding carboxylic acids is 1. The maximum atomic E-state index is 12.1. The molecule has 94 valence electrons. The van der Waals surface area contributed by atoms with Crippen LogP contribution in [-0.2, 0) is 13.5 Å². The largest absolute Gasteiger partial charge is 0.348 e. The van der Waals surface area contributed by atoms with Crippen LogP contribution in [0.2, 0.25) is 0 Å². The molecule has 0 unspecified atom stereocenters.